The first-order chi connectivity index (χ1) is 12.5. The number of benzene rings is 1. The number of hydrogen-bond donors (Lipinski definition) is 1. The van der Waals surface area contributed by atoms with Crippen molar-refractivity contribution in [1.82, 2.24) is 15.1 Å². The second-order valence-electron chi connectivity index (χ2n) is 7.19. The third-order valence-corrected chi connectivity index (χ3v) is 5.78. The number of rotatable bonds is 4. The molecule has 0 saturated heterocycles. The number of carbonyl (C=O) groups is 1. The smallest absolute Gasteiger partial charge is 0.261 e. The molecule has 0 bridgehead atoms. The van der Waals surface area contributed by atoms with Crippen molar-refractivity contribution in [2.24, 2.45) is 5.92 Å². The van der Waals surface area contributed by atoms with Gasteiger partial charge in [-0.2, -0.15) is 5.10 Å². The number of amides is 1. The van der Waals surface area contributed by atoms with Crippen LogP contribution in [0, 0.1) is 12.8 Å². The second kappa shape index (κ2) is 6.76. The molecule has 26 heavy (non-hydrogen) atoms. The van der Waals surface area contributed by atoms with Crippen molar-refractivity contribution in [2.75, 3.05) is 6.61 Å². The van der Waals surface area contributed by atoms with Crippen molar-refractivity contribution in [2.45, 2.75) is 39.8 Å². The highest BCUT2D eigenvalue weighted by atomic mass is 32.1. The summed E-state index contributed by atoms with van der Waals surface area (Å²) in [7, 11) is 0. The van der Waals surface area contributed by atoms with E-state index in [0.717, 1.165) is 45.1 Å². The van der Waals surface area contributed by atoms with E-state index < -0.39 is 0 Å². The summed E-state index contributed by atoms with van der Waals surface area (Å²) in [4.78, 5) is 14.7. The molecule has 0 radical (unpaired) electrons. The van der Waals surface area contributed by atoms with Gasteiger partial charge in [0, 0.05) is 23.9 Å². The van der Waals surface area contributed by atoms with Crippen LogP contribution in [0.2, 0.25) is 0 Å². The Morgan fingerprint density at radius 3 is 3.04 bits per heavy atom. The Kier molecular flexibility index (Phi) is 4.44. The van der Waals surface area contributed by atoms with E-state index in [-0.39, 0.29) is 11.9 Å². The molecule has 1 aliphatic rings. The minimum absolute atomic E-state index is 0.00841. The number of carbonyl (C=O) groups excluding carboxylic acids is 1. The zero-order valence-corrected chi connectivity index (χ0v) is 16.1. The van der Waals surface area contributed by atoms with E-state index in [2.05, 4.69) is 24.3 Å². The molecule has 0 saturated carbocycles. The molecule has 1 N–H and O–H groups in total. The summed E-state index contributed by atoms with van der Waals surface area (Å²) >= 11 is 1.52. The van der Waals surface area contributed by atoms with Gasteiger partial charge in [-0.15, -0.1) is 11.3 Å². The molecule has 1 unspecified atom stereocenters. The summed E-state index contributed by atoms with van der Waals surface area (Å²) in [6.45, 7) is 7.83. The fourth-order valence-corrected chi connectivity index (χ4v) is 4.49. The Hall–Kier alpha value is -2.34. The van der Waals surface area contributed by atoms with Crippen molar-refractivity contribution in [3.05, 3.63) is 46.5 Å². The lowest BCUT2D eigenvalue weighted by molar-refractivity contribution is 0.0929. The monoisotopic (exact) mass is 369 g/mol. The maximum atomic E-state index is 12.9. The number of thiophene rings is 1. The van der Waals surface area contributed by atoms with E-state index in [4.69, 9.17) is 4.74 Å². The maximum Gasteiger partial charge on any atom is 0.261 e. The molecule has 0 aliphatic carbocycles. The van der Waals surface area contributed by atoms with Crippen LogP contribution in [0.1, 0.15) is 47.2 Å². The average molecular weight is 369 g/mol. The van der Waals surface area contributed by atoms with Crippen LogP contribution in [-0.4, -0.2) is 22.3 Å². The zero-order chi connectivity index (χ0) is 18.3. The molecule has 0 fully saturated rings. The molecule has 3 aromatic rings. The van der Waals surface area contributed by atoms with Crippen LogP contribution in [0.15, 0.2) is 30.3 Å². The first-order valence-corrected chi connectivity index (χ1v) is 9.84. The van der Waals surface area contributed by atoms with Crippen molar-refractivity contribution in [1.29, 1.82) is 0 Å². The number of aromatic nitrogens is 2. The number of aryl methyl sites for hydroxylation is 1. The van der Waals surface area contributed by atoms with Gasteiger partial charge in [0.15, 0.2) is 0 Å². The van der Waals surface area contributed by atoms with Gasteiger partial charge in [0.1, 0.15) is 10.6 Å². The van der Waals surface area contributed by atoms with Gasteiger partial charge in [0.25, 0.3) is 5.91 Å². The first-order valence-electron chi connectivity index (χ1n) is 9.02. The van der Waals surface area contributed by atoms with E-state index in [0.29, 0.717) is 12.5 Å². The lowest BCUT2D eigenvalue weighted by Gasteiger charge is -2.26. The molecule has 2 aromatic heterocycles. The number of hydrogen-bond acceptors (Lipinski definition) is 4. The second-order valence-corrected chi connectivity index (χ2v) is 8.22. The van der Waals surface area contributed by atoms with E-state index in [1.165, 1.54) is 11.3 Å². The molecule has 1 atom stereocenters. The minimum atomic E-state index is -0.0246. The summed E-state index contributed by atoms with van der Waals surface area (Å²) in [5.41, 5.74) is 2.03. The molecule has 1 amide bonds. The predicted octanol–water partition coefficient (Wildman–Crippen LogP) is 4.32. The Balaban J connectivity index is 1.59. The van der Waals surface area contributed by atoms with Gasteiger partial charge in [-0.3, -0.25) is 9.48 Å². The molecular weight excluding hydrogens is 346 g/mol. The highest BCUT2D eigenvalue weighted by Crippen LogP contribution is 2.33. The number of para-hydroxylation sites is 1. The average Bonchev–Trinajstić information content (AvgIpc) is 3.17. The molecule has 6 heteroatoms. The fraction of sp³-hybridized carbons (Fsp3) is 0.400. The molecule has 3 heterocycles. The molecule has 136 valence electrons. The van der Waals surface area contributed by atoms with Crippen LogP contribution in [0.4, 0.5) is 0 Å². The minimum Gasteiger partial charge on any atom is -0.493 e. The molecule has 5 nitrogen and oxygen atoms in total. The van der Waals surface area contributed by atoms with Gasteiger partial charge in [-0.1, -0.05) is 32.0 Å². The van der Waals surface area contributed by atoms with E-state index in [9.17, 15) is 4.79 Å². The van der Waals surface area contributed by atoms with Crippen LogP contribution in [0.25, 0.3) is 10.2 Å². The molecule has 4 rings (SSSR count). The summed E-state index contributed by atoms with van der Waals surface area (Å²) in [5.74, 6) is 1.35. The van der Waals surface area contributed by atoms with E-state index in [1.54, 1.807) is 0 Å². The van der Waals surface area contributed by atoms with E-state index in [1.807, 2.05) is 41.9 Å². The van der Waals surface area contributed by atoms with Gasteiger partial charge in [-0.05, 0) is 25.0 Å². The maximum absolute atomic E-state index is 12.9. The molecular formula is C20H23N3O2S. The molecule has 0 spiro atoms. The van der Waals surface area contributed by atoms with E-state index >= 15 is 0 Å². The Morgan fingerprint density at radius 1 is 1.42 bits per heavy atom. The topological polar surface area (TPSA) is 56.2 Å². The van der Waals surface area contributed by atoms with Gasteiger partial charge < -0.3 is 10.1 Å². The Bertz CT molecular complexity index is 957. The SMILES string of the molecule is Cc1nn(CC(C)C)c2sc(C(=O)NC3CCOc4ccccc43)cc12. The normalized spacial score (nSPS) is 16.5. The first kappa shape index (κ1) is 17.1. The number of nitrogens with one attached hydrogen (secondary N) is 1. The predicted molar refractivity (Wildman–Crippen MR) is 104 cm³/mol. The van der Waals surface area contributed by atoms with Gasteiger partial charge in [0.05, 0.1) is 23.2 Å². The van der Waals surface area contributed by atoms with Gasteiger partial charge in [0.2, 0.25) is 0 Å². The summed E-state index contributed by atoms with van der Waals surface area (Å²) in [5, 5.41) is 8.88. The lowest BCUT2D eigenvalue weighted by atomic mass is 10.0. The third kappa shape index (κ3) is 3.09. The largest absolute Gasteiger partial charge is 0.493 e. The molecule has 1 aliphatic heterocycles. The van der Waals surface area contributed by atoms with Crippen LogP contribution in [0.3, 0.4) is 0 Å². The van der Waals surface area contributed by atoms with Crippen LogP contribution in [0.5, 0.6) is 5.75 Å². The number of nitrogens with zero attached hydrogens (tertiary/aromatic N) is 2. The molecule has 1 aromatic carbocycles. The summed E-state index contributed by atoms with van der Waals surface area (Å²) in [6.07, 6.45) is 0.786. The zero-order valence-electron chi connectivity index (χ0n) is 15.3. The van der Waals surface area contributed by atoms with Crippen LogP contribution >= 0.6 is 11.3 Å². The van der Waals surface area contributed by atoms with Crippen molar-refractivity contribution in [3.8, 4) is 5.75 Å². The standard InChI is InChI=1S/C20H23N3O2S/c1-12(2)11-23-20-15(13(3)22-23)10-18(26-20)19(24)21-16-8-9-25-17-7-5-4-6-14(16)17/h4-7,10,12,16H,8-9,11H2,1-3H3,(H,21,24). The van der Waals surface area contributed by atoms with Gasteiger partial charge in [-0.25, -0.2) is 0 Å². The number of fused-ring (bicyclic) bond motifs is 2. The fourth-order valence-electron chi connectivity index (χ4n) is 3.42. The highest BCUT2D eigenvalue weighted by molar-refractivity contribution is 7.20. The summed E-state index contributed by atoms with van der Waals surface area (Å²) < 4.78 is 7.71. The Morgan fingerprint density at radius 2 is 2.23 bits per heavy atom. The Labute approximate surface area is 157 Å². The number of ether oxygens (including phenoxy) is 1. The van der Waals surface area contributed by atoms with Crippen LogP contribution in [-0.2, 0) is 6.54 Å². The summed E-state index contributed by atoms with van der Waals surface area (Å²) in [6, 6.07) is 9.88. The van der Waals surface area contributed by atoms with Crippen molar-refractivity contribution in [3.63, 3.8) is 0 Å². The van der Waals surface area contributed by atoms with Gasteiger partial charge >= 0.3 is 0 Å². The third-order valence-electron chi connectivity index (χ3n) is 4.63. The quantitative estimate of drug-likeness (QED) is 0.745. The van der Waals surface area contributed by atoms with Crippen molar-refractivity contribution < 1.29 is 9.53 Å². The van der Waals surface area contributed by atoms with Crippen molar-refractivity contribution >= 4 is 27.5 Å². The lowest BCUT2D eigenvalue weighted by Crippen LogP contribution is -2.31. The highest BCUT2D eigenvalue weighted by Gasteiger charge is 2.24. The van der Waals surface area contributed by atoms with Crippen LogP contribution < -0.4 is 10.1 Å².